The van der Waals surface area contributed by atoms with Crippen molar-refractivity contribution in [3.05, 3.63) is 53.9 Å². The molecule has 0 aromatic heterocycles. The lowest BCUT2D eigenvalue weighted by molar-refractivity contribution is -0.160. The Morgan fingerprint density at radius 3 is 2.67 bits per heavy atom. The third-order valence-electron chi connectivity index (χ3n) is 4.52. The van der Waals surface area contributed by atoms with Gasteiger partial charge in [0.2, 0.25) is 5.91 Å². The molecule has 1 aromatic carbocycles. The molecular formula is C18H19N3O6. The third-order valence-corrected chi connectivity index (χ3v) is 4.52. The molecule has 0 spiro atoms. The van der Waals surface area contributed by atoms with Crippen LogP contribution >= 0.6 is 0 Å². The summed E-state index contributed by atoms with van der Waals surface area (Å²) in [6, 6.07) is 3.24. The van der Waals surface area contributed by atoms with Gasteiger partial charge in [0.15, 0.2) is 5.70 Å². The monoisotopic (exact) mass is 373 g/mol. The second-order valence-electron chi connectivity index (χ2n) is 6.21. The average Bonchev–Trinajstić information content (AvgIpc) is 2.65. The molecule has 142 valence electrons. The number of fused-ring (bicyclic) bond motifs is 1. The van der Waals surface area contributed by atoms with E-state index in [0.717, 1.165) is 4.90 Å². The number of carboxylic acid groups (broad SMARTS) is 1. The van der Waals surface area contributed by atoms with Gasteiger partial charge in [-0.1, -0.05) is 18.2 Å². The van der Waals surface area contributed by atoms with Crippen molar-refractivity contribution in [1.82, 2.24) is 10.2 Å². The Morgan fingerprint density at radius 2 is 2.07 bits per heavy atom. The molecule has 0 radical (unpaired) electrons. The predicted molar refractivity (Wildman–Crippen MR) is 93.0 cm³/mol. The van der Waals surface area contributed by atoms with E-state index in [9.17, 15) is 24.6 Å². The summed E-state index contributed by atoms with van der Waals surface area (Å²) in [6.45, 7) is 3.60. The van der Waals surface area contributed by atoms with Crippen LogP contribution in [-0.4, -0.2) is 51.6 Å². The number of carbonyl (C=O) groups is 3. The minimum absolute atomic E-state index is 0.0406. The van der Waals surface area contributed by atoms with Gasteiger partial charge >= 0.3 is 5.97 Å². The number of ether oxygens (including phenoxy) is 1. The molecule has 1 aromatic rings. The average molecular weight is 373 g/mol. The van der Waals surface area contributed by atoms with Gasteiger partial charge in [-0.3, -0.25) is 14.5 Å². The van der Waals surface area contributed by atoms with Crippen LogP contribution < -0.4 is 11.1 Å². The van der Waals surface area contributed by atoms with E-state index in [-0.39, 0.29) is 30.2 Å². The topological polar surface area (TPSA) is 142 Å². The molecule has 0 unspecified atom stereocenters. The van der Waals surface area contributed by atoms with Crippen molar-refractivity contribution in [2.24, 2.45) is 5.73 Å². The van der Waals surface area contributed by atoms with Crippen molar-refractivity contribution in [3.8, 4) is 5.75 Å². The van der Waals surface area contributed by atoms with Gasteiger partial charge in [0.25, 0.3) is 5.91 Å². The van der Waals surface area contributed by atoms with E-state index in [4.69, 9.17) is 10.5 Å². The fraction of sp³-hybridized carbons (Fsp3) is 0.278. The number of hydrogen-bond donors (Lipinski definition) is 4. The predicted octanol–water partition coefficient (Wildman–Crippen LogP) is -0.00990. The molecule has 1 saturated heterocycles. The minimum Gasteiger partial charge on any atom is -0.508 e. The fourth-order valence-electron chi connectivity index (χ4n) is 3.12. The summed E-state index contributed by atoms with van der Waals surface area (Å²) in [5, 5.41) is 21.3. The van der Waals surface area contributed by atoms with Crippen molar-refractivity contribution in [2.75, 3.05) is 6.61 Å². The van der Waals surface area contributed by atoms with Crippen molar-refractivity contribution in [3.63, 3.8) is 0 Å². The molecule has 0 saturated carbocycles. The number of allylic oxidation sites excluding steroid dienone is 1. The third kappa shape index (κ3) is 3.24. The molecule has 2 aliphatic heterocycles. The summed E-state index contributed by atoms with van der Waals surface area (Å²) >= 11 is 0. The summed E-state index contributed by atoms with van der Waals surface area (Å²) < 4.78 is 5.47. The molecule has 5 N–H and O–H groups in total. The van der Waals surface area contributed by atoms with Crippen molar-refractivity contribution in [1.29, 1.82) is 0 Å². The number of benzene rings is 1. The summed E-state index contributed by atoms with van der Waals surface area (Å²) in [6.07, 6.45) is 1.67. The van der Waals surface area contributed by atoms with Crippen LogP contribution in [0.5, 0.6) is 5.75 Å². The van der Waals surface area contributed by atoms with Gasteiger partial charge in [0.1, 0.15) is 36.2 Å². The van der Waals surface area contributed by atoms with Crippen LogP contribution in [-0.2, 0) is 19.1 Å². The highest BCUT2D eigenvalue weighted by molar-refractivity contribution is 6.02. The van der Waals surface area contributed by atoms with E-state index in [1.54, 1.807) is 0 Å². The second-order valence-corrected chi connectivity index (χ2v) is 6.21. The number of rotatable bonds is 6. The standard InChI is InChI=1S/C18H19N3O6/c1-2-3-12-15(18(25)26)21-11(8-27-12)14(17(21)24)20-16(23)13(19)9-4-6-10(22)7-5-9/h2,4-7,11,13-14,22H,1,3,8,19H2,(H,20,23)(H,25,26)/t11-,13-,14+/m1/s1. The first-order valence-electron chi connectivity index (χ1n) is 8.23. The zero-order valence-corrected chi connectivity index (χ0v) is 14.3. The van der Waals surface area contributed by atoms with E-state index < -0.39 is 35.9 Å². The number of nitrogens with one attached hydrogen (secondary N) is 1. The van der Waals surface area contributed by atoms with Crippen LogP contribution in [0.1, 0.15) is 18.0 Å². The SMILES string of the molecule is C=CCC1=C(C(=O)O)N2C(=O)[C@@H](NC(=O)[C@H](N)c3ccc(O)cc3)[C@H]2CO1. The Kier molecular flexibility index (Phi) is 4.87. The smallest absolute Gasteiger partial charge is 0.356 e. The molecule has 2 aliphatic rings. The molecular weight excluding hydrogens is 354 g/mol. The molecule has 2 amide bonds. The van der Waals surface area contributed by atoms with E-state index in [0.29, 0.717) is 5.56 Å². The van der Waals surface area contributed by atoms with Gasteiger partial charge in [-0.2, -0.15) is 0 Å². The summed E-state index contributed by atoms with van der Waals surface area (Å²) in [7, 11) is 0. The Morgan fingerprint density at radius 1 is 1.41 bits per heavy atom. The highest BCUT2D eigenvalue weighted by atomic mass is 16.5. The Hall–Kier alpha value is -3.33. The van der Waals surface area contributed by atoms with Gasteiger partial charge in [-0.25, -0.2) is 4.79 Å². The highest BCUT2D eigenvalue weighted by Crippen LogP contribution is 2.34. The lowest BCUT2D eigenvalue weighted by atomic mass is 9.91. The molecule has 27 heavy (non-hydrogen) atoms. The number of carbonyl (C=O) groups excluding carboxylic acids is 2. The maximum Gasteiger partial charge on any atom is 0.356 e. The second kappa shape index (κ2) is 7.12. The molecule has 0 aliphatic carbocycles. The zero-order chi connectivity index (χ0) is 19.7. The maximum absolute atomic E-state index is 12.5. The number of aromatic hydroxyl groups is 1. The van der Waals surface area contributed by atoms with E-state index >= 15 is 0 Å². The van der Waals surface area contributed by atoms with Crippen LogP contribution in [0, 0.1) is 0 Å². The highest BCUT2D eigenvalue weighted by Gasteiger charge is 2.54. The maximum atomic E-state index is 12.5. The number of hydrogen-bond acceptors (Lipinski definition) is 6. The zero-order valence-electron chi connectivity index (χ0n) is 14.3. The summed E-state index contributed by atoms with van der Waals surface area (Å²) in [5.41, 5.74) is 6.14. The molecule has 3 atom stereocenters. The van der Waals surface area contributed by atoms with Crippen molar-refractivity contribution < 1.29 is 29.3 Å². The van der Waals surface area contributed by atoms with Gasteiger partial charge in [0, 0.05) is 6.42 Å². The van der Waals surface area contributed by atoms with Gasteiger partial charge in [0.05, 0.1) is 0 Å². The first-order valence-corrected chi connectivity index (χ1v) is 8.23. The van der Waals surface area contributed by atoms with Crippen molar-refractivity contribution >= 4 is 17.8 Å². The summed E-state index contributed by atoms with van der Waals surface area (Å²) in [4.78, 5) is 37.5. The number of carboxylic acids is 1. The van der Waals surface area contributed by atoms with E-state index in [1.807, 2.05) is 0 Å². The van der Waals surface area contributed by atoms with E-state index in [2.05, 4.69) is 11.9 Å². The Balaban J connectivity index is 1.73. The largest absolute Gasteiger partial charge is 0.508 e. The normalized spacial score (nSPS) is 22.3. The number of phenols is 1. The number of aliphatic carboxylic acids is 1. The summed E-state index contributed by atoms with van der Waals surface area (Å²) in [5.74, 6) is -2.20. The van der Waals surface area contributed by atoms with Crippen LogP contribution in [0.25, 0.3) is 0 Å². The van der Waals surface area contributed by atoms with Crippen molar-refractivity contribution in [2.45, 2.75) is 24.5 Å². The van der Waals surface area contributed by atoms with Gasteiger partial charge in [-0.15, -0.1) is 6.58 Å². The molecule has 0 bridgehead atoms. The number of β-lactam (4-membered cyclic amide) rings is 1. The minimum atomic E-state index is -1.28. The van der Waals surface area contributed by atoms with Crippen LogP contribution in [0.4, 0.5) is 0 Å². The Labute approximate surface area is 154 Å². The van der Waals surface area contributed by atoms with Crippen LogP contribution in [0.15, 0.2) is 48.4 Å². The van der Waals surface area contributed by atoms with E-state index in [1.165, 1.54) is 30.3 Å². The number of nitrogens with zero attached hydrogens (tertiary/aromatic N) is 1. The lowest BCUT2D eigenvalue weighted by Gasteiger charge is -2.49. The lowest BCUT2D eigenvalue weighted by Crippen LogP contribution is -2.73. The molecule has 1 fully saturated rings. The number of nitrogens with two attached hydrogens (primary N) is 1. The van der Waals surface area contributed by atoms with Gasteiger partial charge in [-0.05, 0) is 17.7 Å². The quantitative estimate of drug-likeness (QED) is 0.406. The van der Waals surface area contributed by atoms with Crippen LogP contribution in [0.3, 0.4) is 0 Å². The molecule has 9 heteroatoms. The molecule has 9 nitrogen and oxygen atoms in total. The first kappa shape index (κ1) is 18.5. The first-order chi connectivity index (χ1) is 12.8. The van der Waals surface area contributed by atoms with Crippen LogP contribution in [0.2, 0.25) is 0 Å². The molecule has 3 rings (SSSR count). The van der Waals surface area contributed by atoms with Gasteiger partial charge < -0.3 is 26.0 Å². The molecule has 2 heterocycles. The Bertz CT molecular complexity index is 832. The number of amides is 2. The number of phenolic OH excluding ortho intramolecular Hbond substituents is 1. The fourth-order valence-corrected chi connectivity index (χ4v) is 3.12.